The standard InChI is InChI=1S/C19H21FN2O2/c1-12-8-9-15(20)11-16(12)13-6-5-7-14(10-13)17(23)22-19(2,3)18(24)21-4/h5-11H,1-4H3,(H,21,24)(H,22,23). The van der Waals surface area contributed by atoms with Crippen LogP contribution in [0.15, 0.2) is 42.5 Å². The van der Waals surface area contributed by atoms with Crippen LogP contribution in [0.4, 0.5) is 4.39 Å². The van der Waals surface area contributed by atoms with E-state index in [1.54, 1.807) is 38.1 Å². The molecule has 5 heteroatoms. The minimum Gasteiger partial charge on any atom is -0.357 e. The van der Waals surface area contributed by atoms with Crippen LogP contribution < -0.4 is 10.6 Å². The van der Waals surface area contributed by atoms with E-state index in [2.05, 4.69) is 10.6 Å². The lowest BCUT2D eigenvalue weighted by molar-refractivity contribution is -0.125. The molecule has 2 amide bonds. The molecule has 0 atom stereocenters. The summed E-state index contributed by atoms with van der Waals surface area (Å²) >= 11 is 0. The summed E-state index contributed by atoms with van der Waals surface area (Å²) in [5.74, 6) is -0.973. The Hall–Kier alpha value is -2.69. The van der Waals surface area contributed by atoms with Crippen molar-refractivity contribution in [2.45, 2.75) is 26.3 Å². The summed E-state index contributed by atoms with van der Waals surface area (Å²) in [5.41, 5.74) is 1.77. The molecule has 126 valence electrons. The van der Waals surface area contributed by atoms with Crippen molar-refractivity contribution in [3.63, 3.8) is 0 Å². The predicted octanol–water partition coefficient (Wildman–Crippen LogP) is 3.06. The van der Waals surface area contributed by atoms with Gasteiger partial charge < -0.3 is 10.6 Å². The number of aryl methyl sites for hydroxylation is 1. The van der Waals surface area contributed by atoms with Crippen LogP contribution in [-0.2, 0) is 4.79 Å². The Bertz CT molecular complexity index is 785. The van der Waals surface area contributed by atoms with E-state index in [0.29, 0.717) is 5.56 Å². The molecule has 0 aromatic heterocycles. The maximum Gasteiger partial charge on any atom is 0.252 e. The lowest BCUT2D eigenvalue weighted by Gasteiger charge is -2.24. The number of carbonyl (C=O) groups is 2. The number of benzene rings is 2. The topological polar surface area (TPSA) is 58.2 Å². The van der Waals surface area contributed by atoms with E-state index < -0.39 is 5.54 Å². The summed E-state index contributed by atoms with van der Waals surface area (Å²) in [7, 11) is 1.52. The van der Waals surface area contributed by atoms with E-state index in [-0.39, 0.29) is 17.6 Å². The summed E-state index contributed by atoms with van der Waals surface area (Å²) in [6.07, 6.45) is 0. The van der Waals surface area contributed by atoms with E-state index in [1.165, 1.54) is 19.2 Å². The van der Waals surface area contributed by atoms with Gasteiger partial charge in [-0.05, 0) is 61.7 Å². The molecule has 4 nitrogen and oxygen atoms in total. The third-order valence-electron chi connectivity index (χ3n) is 3.86. The Morgan fingerprint density at radius 3 is 2.46 bits per heavy atom. The van der Waals surface area contributed by atoms with Gasteiger partial charge in [0.15, 0.2) is 0 Å². The van der Waals surface area contributed by atoms with Crippen LogP contribution >= 0.6 is 0 Å². The van der Waals surface area contributed by atoms with Crippen LogP contribution in [0.25, 0.3) is 11.1 Å². The van der Waals surface area contributed by atoms with Crippen LogP contribution in [0.5, 0.6) is 0 Å². The summed E-state index contributed by atoms with van der Waals surface area (Å²) in [6.45, 7) is 5.14. The lowest BCUT2D eigenvalue weighted by atomic mass is 9.98. The van der Waals surface area contributed by atoms with E-state index in [0.717, 1.165) is 16.7 Å². The second kappa shape index (κ2) is 6.83. The molecule has 0 aliphatic rings. The van der Waals surface area contributed by atoms with Gasteiger partial charge in [0, 0.05) is 12.6 Å². The Kier molecular flexibility index (Phi) is 5.02. The number of hydrogen-bond acceptors (Lipinski definition) is 2. The fourth-order valence-corrected chi connectivity index (χ4v) is 2.46. The molecule has 0 heterocycles. The number of carbonyl (C=O) groups excluding carboxylic acids is 2. The molecule has 24 heavy (non-hydrogen) atoms. The van der Waals surface area contributed by atoms with Crippen molar-refractivity contribution in [1.29, 1.82) is 0 Å². The Morgan fingerprint density at radius 2 is 1.79 bits per heavy atom. The molecule has 0 aliphatic heterocycles. The molecule has 0 saturated carbocycles. The fourth-order valence-electron chi connectivity index (χ4n) is 2.46. The first-order chi connectivity index (χ1) is 11.2. The molecule has 0 aliphatic carbocycles. The van der Waals surface area contributed by atoms with Gasteiger partial charge in [0.25, 0.3) is 5.91 Å². The second-order valence-electron chi connectivity index (χ2n) is 6.20. The van der Waals surface area contributed by atoms with Crippen LogP contribution in [0, 0.1) is 12.7 Å². The van der Waals surface area contributed by atoms with Crippen LogP contribution in [0.1, 0.15) is 29.8 Å². The summed E-state index contributed by atoms with van der Waals surface area (Å²) < 4.78 is 13.5. The molecule has 2 aromatic carbocycles. The monoisotopic (exact) mass is 328 g/mol. The van der Waals surface area contributed by atoms with E-state index >= 15 is 0 Å². The molecule has 0 bridgehead atoms. The summed E-state index contributed by atoms with van der Waals surface area (Å²) in [6, 6.07) is 11.5. The molecule has 2 rings (SSSR count). The quantitative estimate of drug-likeness (QED) is 0.906. The van der Waals surface area contributed by atoms with Gasteiger partial charge in [-0.15, -0.1) is 0 Å². The first-order valence-electron chi connectivity index (χ1n) is 7.66. The van der Waals surface area contributed by atoms with Gasteiger partial charge in [0.2, 0.25) is 5.91 Å². The van der Waals surface area contributed by atoms with Gasteiger partial charge in [-0.1, -0.05) is 18.2 Å². The zero-order valence-corrected chi connectivity index (χ0v) is 14.2. The van der Waals surface area contributed by atoms with Crippen molar-refractivity contribution in [2.24, 2.45) is 0 Å². The van der Waals surface area contributed by atoms with Gasteiger partial charge in [-0.25, -0.2) is 4.39 Å². The number of likely N-dealkylation sites (N-methyl/N-ethyl adjacent to an activating group) is 1. The third-order valence-corrected chi connectivity index (χ3v) is 3.86. The Labute approximate surface area is 141 Å². The van der Waals surface area contributed by atoms with Gasteiger partial charge in [-0.2, -0.15) is 0 Å². The Morgan fingerprint density at radius 1 is 1.08 bits per heavy atom. The maximum atomic E-state index is 13.5. The molecule has 2 aromatic rings. The highest BCUT2D eigenvalue weighted by atomic mass is 19.1. The average Bonchev–Trinajstić information content (AvgIpc) is 2.56. The number of rotatable bonds is 4. The Balaban J connectivity index is 2.32. The van der Waals surface area contributed by atoms with Gasteiger partial charge in [0.1, 0.15) is 11.4 Å². The normalized spacial score (nSPS) is 11.0. The minimum atomic E-state index is -1.03. The molecule has 2 N–H and O–H groups in total. The lowest BCUT2D eigenvalue weighted by Crippen LogP contribution is -2.53. The molecular formula is C19H21FN2O2. The highest BCUT2D eigenvalue weighted by molar-refractivity contribution is 5.99. The van der Waals surface area contributed by atoms with Crippen molar-refractivity contribution >= 4 is 11.8 Å². The largest absolute Gasteiger partial charge is 0.357 e. The second-order valence-corrected chi connectivity index (χ2v) is 6.20. The van der Waals surface area contributed by atoms with E-state index in [9.17, 15) is 14.0 Å². The van der Waals surface area contributed by atoms with E-state index in [1.807, 2.05) is 13.0 Å². The van der Waals surface area contributed by atoms with Crippen molar-refractivity contribution in [2.75, 3.05) is 7.05 Å². The first kappa shape index (κ1) is 17.7. The maximum absolute atomic E-state index is 13.5. The van der Waals surface area contributed by atoms with Crippen molar-refractivity contribution in [3.05, 3.63) is 59.4 Å². The molecule has 0 unspecified atom stereocenters. The fraction of sp³-hybridized carbons (Fsp3) is 0.263. The number of hydrogen-bond donors (Lipinski definition) is 2. The molecule has 0 radical (unpaired) electrons. The molecular weight excluding hydrogens is 307 g/mol. The number of nitrogens with one attached hydrogen (secondary N) is 2. The number of amides is 2. The summed E-state index contributed by atoms with van der Waals surface area (Å²) in [5, 5.41) is 5.22. The van der Waals surface area contributed by atoms with Gasteiger partial charge in [-0.3, -0.25) is 9.59 Å². The summed E-state index contributed by atoms with van der Waals surface area (Å²) in [4.78, 5) is 24.3. The third kappa shape index (κ3) is 3.79. The van der Waals surface area contributed by atoms with Gasteiger partial charge in [0.05, 0.1) is 0 Å². The SMILES string of the molecule is CNC(=O)C(C)(C)NC(=O)c1cccc(-c2cc(F)ccc2C)c1. The van der Waals surface area contributed by atoms with Gasteiger partial charge >= 0.3 is 0 Å². The zero-order valence-electron chi connectivity index (χ0n) is 14.2. The predicted molar refractivity (Wildman–Crippen MR) is 92.2 cm³/mol. The van der Waals surface area contributed by atoms with Crippen molar-refractivity contribution in [1.82, 2.24) is 10.6 Å². The highest BCUT2D eigenvalue weighted by Crippen LogP contribution is 2.25. The number of halogens is 1. The van der Waals surface area contributed by atoms with Crippen LogP contribution in [-0.4, -0.2) is 24.4 Å². The van der Waals surface area contributed by atoms with E-state index in [4.69, 9.17) is 0 Å². The highest BCUT2D eigenvalue weighted by Gasteiger charge is 2.28. The zero-order chi connectivity index (χ0) is 17.9. The smallest absolute Gasteiger partial charge is 0.252 e. The van der Waals surface area contributed by atoms with Crippen molar-refractivity contribution in [3.8, 4) is 11.1 Å². The molecule has 0 fully saturated rings. The first-order valence-corrected chi connectivity index (χ1v) is 7.66. The molecule has 0 saturated heterocycles. The van der Waals surface area contributed by atoms with Crippen LogP contribution in [0.2, 0.25) is 0 Å². The molecule has 0 spiro atoms. The van der Waals surface area contributed by atoms with Crippen LogP contribution in [0.3, 0.4) is 0 Å². The average molecular weight is 328 g/mol. The minimum absolute atomic E-state index is 0.284. The van der Waals surface area contributed by atoms with Crippen molar-refractivity contribution < 1.29 is 14.0 Å².